The first-order valence-electron chi connectivity index (χ1n) is 7.22. The maximum Gasteiger partial charge on any atom is 0.243 e. The average Bonchev–Trinajstić information content (AvgIpc) is 2.96. The molecule has 0 amide bonds. The Morgan fingerprint density at radius 2 is 1.90 bits per heavy atom. The van der Waals surface area contributed by atoms with Crippen molar-refractivity contribution in [3.8, 4) is 0 Å². The van der Waals surface area contributed by atoms with Gasteiger partial charge in [-0.2, -0.15) is 4.98 Å². The van der Waals surface area contributed by atoms with E-state index in [1.165, 1.54) is 12.1 Å². The molecule has 0 aliphatic carbocycles. The highest BCUT2D eigenvalue weighted by atomic mass is 19.1. The molecule has 0 fully saturated rings. The number of rotatable bonds is 5. The molecular formula is C16H22FN3O. The van der Waals surface area contributed by atoms with E-state index in [1.54, 1.807) is 12.1 Å². The Labute approximate surface area is 124 Å². The Hall–Kier alpha value is -1.75. The van der Waals surface area contributed by atoms with Crippen LogP contribution in [0.4, 0.5) is 4.39 Å². The molecule has 0 aliphatic rings. The lowest BCUT2D eigenvalue weighted by atomic mass is 9.84. The lowest BCUT2D eigenvalue weighted by Crippen LogP contribution is -2.22. The molecule has 0 aliphatic heterocycles. The van der Waals surface area contributed by atoms with Crippen LogP contribution < -0.4 is 5.73 Å². The zero-order valence-electron chi connectivity index (χ0n) is 12.9. The molecule has 114 valence electrons. The number of nitrogens with two attached hydrogens (primary N) is 1. The van der Waals surface area contributed by atoms with E-state index >= 15 is 0 Å². The third kappa shape index (κ3) is 3.13. The molecule has 0 radical (unpaired) electrons. The summed E-state index contributed by atoms with van der Waals surface area (Å²) < 4.78 is 18.4. The third-order valence-corrected chi connectivity index (χ3v) is 4.11. The van der Waals surface area contributed by atoms with Crippen LogP contribution >= 0.6 is 0 Å². The van der Waals surface area contributed by atoms with Gasteiger partial charge in [-0.25, -0.2) is 4.39 Å². The first-order chi connectivity index (χ1) is 9.86. The van der Waals surface area contributed by atoms with Crippen LogP contribution in [0.1, 0.15) is 57.4 Å². The smallest absolute Gasteiger partial charge is 0.243 e. The standard InChI is InChI=1S/C16H22FN3O/c1-5-10(2)13(18)14-19-15(20-21-14)16(3,4)11-6-8-12(17)9-7-11/h6-10,13H,5,18H2,1-4H3/t10?,13-/m0/s1. The number of nitrogens with zero attached hydrogens (tertiary/aromatic N) is 2. The van der Waals surface area contributed by atoms with E-state index < -0.39 is 5.41 Å². The summed E-state index contributed by atoms with van der Waals surface area (Å²) in [4.78, 5) is 4.45. The van der Waals surface area contributed by atoms with Crippen LogP contribution in [0.25, 0.3) is 0 Å². The SMILES string of the molecule is CCC(C)[C@H](N)c1nc(C(C)(C)c2ccc(F)cc2)no1. The minimum absolute atomic E-state index is 0.262. The summed E-state index contributed by atoms with van der Waals surface area (Å²) in [5.41, 5.74) is 6.58. The van der Waals surface area contributed by atoms with Crippen LogP contribution in [0.15, 0.2) is 28.8 Å². The van der Waals surface area contributed by atoms with Crippen molar-refractivity contribution in [1.82, 2.24) is 10.1 Å². The highest BCUT2D eigenvalue weighted by molar-refractivity contribution is 5.30. The molecular weight excluding hydrogens is 269 g/mol. The van der Waals surface area contributed by atoms with Crippen molar-refractivity contribution < 1.29 is 8.91 Å². The monoisotopic (exact) mass is 291 g/mol. The molecule has 2 rings (SSSR count). The summed E-state index contributed by atoms with van der Waals surface area (Å²) in [6.45, 7) is 8.08. The number of hydrogen-bond acceptors (Lipinski definition) is 4. The summed E-state index contributed by atoms with van der Waals surface area (Å²) in [5, 5.41) is 4.06. The van der Waals surface area contributed by atoms with E-state index in [-0.39, 0.29) is 17.8 Å². The molecule has 0 saturated heterocycles. The highest BCUT2D eigenvalue weighted by Crippen LogP contribution is 2.30. The molecule has 1 heterocycles. The van der Waals surface area contributed by atoms with E-state index in [2.05, 4.69) is 24.0 Å². The molecule has 0 bridgehead atoms. The number of aromatic nitrogens is 2. The predicted molar refractivity (Wildman–Crippen MR) is 79.2 cm³/mol. The third-order valence-electron chi connectivity index (χ3n) is 4.11. The Morgan fingerprint density at radius 1 is 1.29 bits per heavy atom. The van der Waals surface area contributed by atoms with Crippen LogP contribution in [-0.4, -0.2) is 10.1 Å². The maximum absolute atomic E-state index is 13.0. The van der Waals surface area contributed by atoms with E-state index in [0.29, 0.717) is 11.7 Å². The van der Waals surface area contributed by atoms with Crippen molar-refractivity contribution in [2.24, 2.45) is 11.7 Å². The summed E-state index contributed by atoms with van der Waals surface area (Å²) in [5.74, 6) is 1.02. The van der Waals surface area contributed by atoms with Gasteiger partial charge in [0.25, 0.3) is 0 Å². The fourth-order valence-corrected chi connectivity index (χ4v) is 2.12. The maximum atomic E-state index is 13.0. The minimum Gasteiger partial charge on any atom is -0.338 e. The second-order valence-electron chi connectivity index (χ2n) is 6.00. The fourth-order valence-electron chi connectivity index (χ4n) is 2.12. The van der Waals surface area contributed by atoms with Crippen molar-refractivity contribution in [3.05, 3.63) is 47.4 Å². The van der Waals surface area contributed by atoms with E-state index in [9.17, 15) is 4.39 Å². The van der Waals surface area contributed by atoms with E-state index in [4.69, 9.17) is 10.3 Å². The van der Waals surface area contributed by atoms with Crippen molar-refractivity contribution in [2.45, 2.75) is 45.6 Å². The lowest BCUT2D eigenvalue weighted by Gasteiger charge is -2.21. The molecule has 21 heavy (non-hydrogen) atoms. The van der Waals surface area contributed by atoms with Gasteiger partial charge in [0.2, 0.25) is 5.89 Å². The van der Waals surface area contributed by atoms with Crippen LogP contribution in [0.3, 0.4) is 0 Å². The van der Waals surface area contributed by atoms with Crippen molar-refractivity contribution in [3.63, 3.8) is 0 Å². The van der Waals surface area contributed by atoms with Gasteiger partial charge in [0.1, 0.15) is 5.82 Å². The van der Waals surface area contributed by atoms with Crippen molar-refractivity contribution >= 4 is 0 Å². The lowest BCUT2D eigenvalue weighted by molar-refractivity contribution is 0.308. The molecule has 1 unspecified atom stereocenters. The van der Waals surface area contributed by atoms with E-state index in [0.717, 1.165) is 12.0 Å². The Bertz CT molecular complexity index is 592. The normalized spacial score (nSPS) is 15.0. The molecule has 2 atom stereocenters. The zero-order valence-corrected chi connectivity index (χ0v) is 12.9. The van der Waals surface area contributed by atoms with Crippen LogP contribution in [0, 0.1) is 11.7 Å². The van der Waals surface area contributed by atoms with Crippen molar-refractivity contribution in [2.75, 3.05) is 0 Å². The summed E-state index contributed by atoms with van der Waals surface area (Å²) >= 11 is 0. The van der Waals surface area contributed by atoms with Gasteiger partial charge in [-0.15, -0.1) is 0 Å². The van der Waals surface area contributed by atoms with Crippen LogP contribution in [0.5, 0.6) is 0 Å². The molecule has 1 aromatic carbocycles. The topological polar surface area (TPSA) is 64.9 Å². The summed E-state index contributed by atoms with van der Waals surface area (Å²) in [6.07, 6.45) is 0.945. The van der Waals surface area contributed by atoms with Gasteiger partial charge in [0, 0.05) is 0 Å². The second kappa shape index (κ2) is 5.93. The fraction of sp³-hybridized carbons (Fsp3) is 0.500. The predicted octanol–water partition coefficient (Wildman–Crippen LogP) is 3.58. The van der Waals surface area contributed by atoms with Crippen molar-refractivity contribution in [1.29, 1.82) is 0 Å². The first-order valence-corrected chi connectivity index (χ1v) is 7.22. The first kappa shape index (κ1) is 15.6. The van der Waals surface area contributed by atoms with Gasteiger partial charge in [0.05, 0.1) is 11.5 Å². The van der Waals surface area contributed by atoms with Gasteiger partial charge in [0.15, 0.2) is 5.82 Å². The number of benzene rings is 1. The molecule has 4 nitrogen and oxygen atoms in total. The largest absolute Gasteiger partial charge is 0.338 e. The molecule has 0 spiro atoms. The zero-order chi connectivity index (χ0) is 15.6. The molecule has 0 saturated carbocycles. The average molecular weight is 291 g/mol. The van der Waals surface area contributed by atoms with Crippen LogP contribution in [0.2, 0.25) is 0 Å². The number of hydrogen-bond donors (Lipinski definition) is 1. The van der Waals surface area contributed by atoms with Crippen LogP contribution in [-0.2, 0) is 5.41 Å². The Kier molecular flexibility index (Phi) is 4.42. The van der Waals surface area contributed by atoms with Gasteiger partial charge >= 0.3 is 0 Å². The Balaban J connectivity index is 2.29. The molecule has 1 aromatic heterocycles. The van der Waals surface area contributed by atoms with E-state index in [1.807, 2.05) is 13.8 Å². The molecule has 5 heteroatoms. The van der Waals surface area contributed by atoms with Gasteiger partial charge in [-0.3, -0.25) is 0 Å². The van der Waals surface area contributed by atoms with Gasteiger partial charge in [-0.05, 0) is 37.5 Å². The summed E-state index contributed by atoms with van der Waals surface area (Å²) in [7, 11) is 0. The number of halogens is 1. The minimum atomic E-state index is -0.468. The quantitative estimate of drug-likeness (QED) is 0.914. The van der Waals surface area contributed by atoms with Gasteiger partial charge < -0.3 is 10.3 Å². The molecule has 2 aromatic rings. The summed E-state index contributed by atoms with van der Waals surface area (Å²) in [6, 6.07) is 6.08. The molecule has 2 N–H and O–H groups in total. The highest BCUT2D eigenvalue weighted by Gasteiger charge is 2.30. The second-order valence-corrected chi connectivity index (χ2v) is 6.00. The van der Waals surface area contributed by atoms with Gasteiger partial charge in [-0.1, -0.05) is 37.6 Å². The Morgan fingerprint density at radius 3 is 2.48 bits per heavy atom.